The number of nitrogens with one attached hydrogen (secondary N) is 1. The molecule has 18 heavy (non-hydrogen) atoms. The molecule has 0 saturated heterocycles. The Labute approximate surface area is 111 Å². The first-order valence-corrected chi connectivity index (χ1v) is 6.80. The molecular formula is C11H20N4O2S. The lowest BCUT2D eigenvalue weighted by Gasteiger charge is -2.16. The fourth-order valence-corrected chi connectivity index (χ4v) is 2.03. The number of ether oxygens (including phenoxy) is 1. The van der Waals surface area contributed by atoms with Crippen molar-refractivity contribution < 1.29 is 9.53 Å². The van der Waals surface area contributed by atoms with Crippen molar-refractivity contribution in [2.75, 3.05) is 32.1 Å². The molecule has 102 valence electrons. The van der Waals surface area contributed by atoms with E-state index in [-0.39, 0.29) is 12.0 Å². The number of anilines is 1. The van der Waals surface area contributed by atoms with Gasteiger partial charge in [0, 0.05) is 20.1 Å². The number of nitrogens with zero attached hydrogens (tertiary/aromatic N) is 3. The van der Waals surface area contributed by atoms with Crippen LogP contribution in [0.1, 0.15) is 30.6 Å². The van der Waals surface area contributed by atoms with Gasteiger partial charge in [-0.3, -0.25) is 4.79 Å². The first-order valence-electron chi connectivity index (χ1n) is 5.99. The summed E-state index contributed by atoms with van der Waals surface area (Å²) in [5.74, 6) is -0.121. The molecular weight excluding hydrogens is 252 g/mol. The lowest BCUT2D eigenvalue weighted by molar-refractivity contribution is 0.0531. The van der Waals surface area contributed by atoms with E-state index in [1.165, 1.54) is 11.3 Å². The molecule has 0 aliphatic carbocycles. The SMILES string of the molecule is CCNc1nnc(C(=O)N(C)CCOC(C)C)s1. The van der Waals surface area contributed by atoms with Crippen LogP contribution in [0, 0.1) is 0 Å². The van der Waals surface area contributed by atoms with Gasteiger partial charge >= 0.3 is 0 Å². The first kappa shape index (κ1) is 14.8. The summed E-state index contributed by atoms with van der Waals surface area (Å²) in [5, 5.41) is 11.9. The Balaban J connectivity index is 2.46. The highest BCUT2D eigenvalue weighted by Crippen LogP contribution is 2.16. The second-order valence-corrected chi connectivity index (χ2v) is 5.07. The second-order valence-electron chi connectivity index (χ2n) is 4.09. The zero-order valence-electron chi connectivity index (χ0n) is 11.3. The Hall–Kier alpha value is -1.21. The highest BCUT2D eigenvalue weighted by Gasteiger charge is 2.16. The van der Waals surface area contributed by atoms with Crippen molar-refractivity contribution in [3.8, 4) is 0 Å². The van der Waals surface area contributed by atoms with Crippen molar-refractivity contribution in [2.24, 2.45) is 0 Å². The summed E-state index contributed by atoms with van der Waals surface area (Å²) in [7, 11) is 1.74. The Morgan fingerprint density at radius 2 is 2.22 bits per heavy atom. The third kappa shape index (κ3) is 4.58. The number of aromatic nitrogens is 2. The Morgan fingerprint density at radius 1 is 1.50 bits per heavy atom. The number of hydrogen-bond donors (Lipinski definition) is 1. The third-order valence-corrected chi connectivity index (χ3v) is 3.03. The fraction of sp³-hybridized carbons (Fsp3) is 0.727. The molecule has 0 radical (unpaired) electrons. The van der Waals surface area contributed by atoms with Crippen molar-refractivity contribution in [3.63, 3.8) is 0 Å². The predicted molar refractivity (Wildman–Crippen MR) is 72.1 cm³/mol. The van der Waals surface area contributed by atoms with Gasteiger partial charge in [-0.2, -0.15) is 0 Å². The highest BCUT2D eigenvalue weighted by molar-refractivity contribution is 7.17. The molecule has 0 aromatic carbocycles. The Morgan fingerprint density at radius 3 is 2.83 bits per heavy atom. The molecule has 1 amide bonds. The van der Waals surface area contributed by atoms with Crippen LogP contribution in [-0.4, -0.2) is 53.9 Å². The maximum atomic E-state index is 12.0. The van der Waals surface area contributed by atoms with E-state index in [0.717, 1.165) is 6.54 Å². The topological polar surface area (TPSA) is 67.4 Å². The summed E-state index contributed by atoms with van der Waals surface area (Å²) in [6.45, 7) is 7.75. The molecule has 0 spiro atoms. The number of rotatable bonds is 7. The minimum atomic E-state index is -0.121. The molecule has 0 atom stereocenters. The van der Waals surface area contributed by atoms with Gasteiger partial charge in [0.05, 0.1) is 12.7 Å². The van der Waals surface area contributed by atoms with Gasteiger partial charge in [0.25, 0.3) is 5.91 Å². The molecule has 1 N–H and O–H groups in total. The average molecular weight is 272 g/mol. The normalized spacial score (nSPS) is 10.7. The molecule has 0 saturated carbocycles. The van der Waals surface area contributed by atoms with E-state index in [2.05, 4.69) is 15.5 Å². The van der Waals surface area contributed by atoms with Crippen LogP contribution in [0.15, 0.2) is 0 Å². The van der Waals surface area contributed by atoms with Gasteiger partial charge in [-0.05, 0) is 20.8 Å². The van der Waals surface area contributed by atoms with Crippen LogP contribution in [0.2, 0.25) is 0 Å². The zero-order chi connectivity index (χ0) is 13.5. The lowest BCUT2D eigenvalue weighted by atomic mass is 10.4. The van der Waals surface area contributed by atoms with E-state index in [4.69, 9.17) is 4.74 Å². The molecule has 7 heteroatoms. The van der Waals surface area contributed by atoms with Crippen molar-refractivity contribution >= 4 is 22.4 Å². The Bertz CT molecular complexity index is 381. The molecule has 0 aliphatic rings. The van der Waals surface area contributed by atoms with E-state index in [1.807, 2.05) is 20.8 Å². The lowest BCUT2D eigenvalue weighted by Crippen LogP contribution is -2.30. The predicted octanol–water partition coefficient (Wildman–Crippen LogP) is 1.47. The average Bonchev–Trinajstić information content (AvgIpc) is 2.76. The summed E-state index contributed by atoms with van der Waals surface area (Å²) in [5.41, 5.74) is 0. The van der Waals surface area contributed by atoms with Crippen LogP contribution in [-0.2, 0) is 4.74 Å². The summed E-state index contributed by atoms with van der Waals surface area (Å²) < 4.78 is 5.40. The van der Waals surface area contributed by atoms with Crippen molar-refractivity contribution in [1.82, 2.24) is 15.1 Å². The van der Waals surface area contributed by atoms with E-state index in [9.17, 15) is 4.79 Å². The molecule has 0 bridgehead atoms. The van der Waals surface area contributed by atoms with E-state index >= 15 is 0 Å². The van der Waals surface area contributed by atoms with Gasteiger partial charge in [-0.1, -0.05) is 11.3 Å². The van der Waals surface area contributed by atoms with Crippen LogP contribution in [0.4, 0.5) is 5.13 Å². The van der Waals surface area contributed by atoms with Crippen molar-refractivity contribution in [1.29, 1.82) is 0 Å². The quantitative estimate of drug-likeness (QED) is 0.814. The van der Waals surface area contributed by atoms with Crippen LogP contribution in [0.25, 0.3) is 0 Å². The standard InChI is InChI=1S/C11H20N4O2S/c1-5-12-11-14-13-9(18-11)10(16)15(4)6-7-17-8(2)3/h8H,5-7H2,1-4H3,(H,12,14). The van der Waals surface area contributed by atoms with E-state index in [0.29, 0.717) is 23.3 Å². The molecule has 0 unspecified atom stereocenters. The smallest absolute Gasteiger partial charge is 0.284 e. The molecule has 0 aliphatic heterocycles. The molecule has 1 aromatic rings. The summed E-state index contributed by atoms with van der Waals surface area (Å²) in [6, 6.07) is 0. The monoisotopic (exact) mass is 272 g/mol. The molecule has 0 fully saturated rings. The van der Waals surface area contributed by atoms with Gasteiger partial charge < -0.3 is 15.0 Å². The summed E-state index contributed by atoms with van der Waals surface area (Å²) >= 11 is 1.27. The van der Waals surface area contributed by atoms with E-state index < -0.39 is 0 Å². The fourth-order valence-electron chi connectivity index (χ4n) is 1.22. The number of carbonyl (C=O) groups is 1. The molecule has 6 nitrogen and oxygen atoms in total. The summed E-state index contributed by atoms with van der Waals surface area (Å²) in [4.78, 5) is 13.6. The van der Waals surface area contributed by atoms with Crippen molar-refractivity contribution in [2.45, 2.75) is 26.9 Å². The van der Waals surface area contributed by atoms with Crippen LogP contribution in [0.3, 0.4) is 0 Å². The number of likely N-dealkylation sites (N-methyl/N-ethyl adjacent to an activating group) is 1. The number of carbonyl (C=O) groups excluding carboxylic acids is 1. The second kappa shape index (κ2) is 7.27. The highest BCUT2D eigenvalue weighted by atomic mass is 32.1. The zero-order valence-corrected chi connectivity index (χ0v) is 12.1. The summed E-state index contributed by atoms with van der Waals surface area (Å²) in [6.07, 6.45) is 0.176. The minimum absolute atomic E-state index is 0.121. The van der Waals surface area contributed by atoms with Crippen molar-refractivity contribution in [3.05, 3.63) is 5.01 Å². The molecule has 1 heterocycles. The maximum Gasteiger partial charge on any atom is 0.284 e. The van der Waals surface area contributed by atoms with Crippen LogP contribution < -0.4 is 5.32 Å². The third-order valence-electron chi connectivity index (χ3n) is 2.16. The van der Waals surface area contributed by atoms with Gasteiger partial charge in [0.15, 0.2) is 0 Å². The minimum Gasteiger partial charge on any atom is -0.377 e. The first-order chi connectivity index (χ1) is 8.54. The molecule has 1 rings (SSSR count). The molecule has 1 aromatic heterocycles. The Kier molecular flexibility index (Phi) is 6.00. The van der Waals surface area contributed by atoms with E-state index in [1.54, 1.807) is 11.9 Å². The van der Waals surface area contributed by atoms with Gasteiger partial charge in [0.2, 0.25) is 10.1 Å². The largest absolute Gasteiger partial charge is 0.377 e. The van der Waals surface area contributed by atoms with Gasteiger partial charge in [-0.25, -0.2) is 0 Å². The van der Waals surface area contributed by atoms with Gasteiger partial charge in [-0.15, -0.1) is 10.2 Å². The van der Waals surface area contributed by atoms with Crippen LogP contribution >= 0.6 is 11.3 Å². The van der Waals surface area contributed by atoms with Crippen LogP contribution in [0.5, 0.6) is 0 Å². The van der Waals surface area contributed by atoms with Gasteiger partial charge in [0.1, 0.15) is 0 Å². The maximum absolute atomic E-state index is 12.0. The number of amides is 1. The number of hydrogen-bond acceptors (Lipinski definition) is 6.